The van der Waals surface area contributed by atoms with Crippen LogP contribution in [0.3, 0.4) is 0 Å². The van der Waals surface area contributed by atoms with Crippen molar-refractivity contribution in [3.8, 4) is 5.69 Å². The smallest absolute Gasteiger partial charge is 0.245 e. The Morgan fingerprint density at radius 2 is 1.90 bits per heavy atom. The van der Waals surface area contributed by atoms with Crippen LogP contribution >= 0.6 is 0 Å². The van der Waals surface area contributed by atoms with E-state index in [4.69, 9.17) is 9.84 Å². The molecule has 1 heterocycles. The zero-order valence-electron chi connectivity index (χ0n) is 19.2. The quantitative estimate of drug-likeness (QED) is 0.670. The standard InChI is InChI=1S/C23H34N4O3/c1-16-9-10-19(17(2)13-16)27-21(14-20(25-27)23(4,5)6)24-22(29)15-26(18(3)28)11-8-12-30-7/h9-10,13-14H,8,11-12,15H2,1-7H3,(H,24,29). The number of amides is 2. The van der Waals surface area contributed by atoms with Gasteiger partial charge in [0.1, 0.15) is 5.82 Å². The zero-order valence-corrected chi connectivity index (χ0v) is 19.2. The number of ether oxygens (including phenoxy) is 1. The summed E-state index contributed by atoms with van der Waals surface area (Å²) in [5, 5.41) is 7.73. The maximum absolute atomic E-state index is 12.8. The molecule has 0 aliphatic carbocycles. The Morgan fingerprint density at radius 3 is 2.47 bits per heavy atom. The number of nitrogens with one attached hydrogen (secondary N) is 1. The van der Waals surface area contributed by atoms with Gasteiger partial charge in [-0.05, 0) is 31.9 Å². The van der Waals surface area contributed by atoms with Gasteiger partial charge in [0, 0.05) is 38.7 Å². The van der Waals surface area contributed by atoms with Gasteiger partial charge in [-0.15, -0.1) is 0 Å². The number of aryl methyl sites for hydroxylation is 2. The molecule has 0 fully saturated rings. The second-order valence-electron chi connectivity index (χ2n) is 8.70. The molecule has 30 heavy (non-hydrogen) atoms. The van der Waals surface area contributed by atoms with E-state index >= 15 is 0 Å². The van der Waals surface area contributed by atoms with E-state index in [-0.39, 0.29) is 23.8 Å². The monoisotopic (exact) mass is 414 g/mol. The Balaban J connectivity index is 2.30. The molecule has 164 valence electrons. The van der Waals surface area contributed by atoms with Gasteiger partial charge in [-0.25, -0.2) is 4.68 Å². The summed E-state index contributed by atoms with van der Waals surface area (Å²) in [4.78, 5) is 26.2. The van der Waals surface area contributed by atoms with E-state index in [0.717, 1.165) is 22.5 Å². The number of benzene rings is 1. The molecule has 7 nitrogen and oxygen atoms in total. The first-order valence-electron chi connectivity index (χ1n) is 10.3. The minimum Gasteiger partial charge on any atom is -0.385 e. The number of nitrogens with zero attached hydrogens (tertiary/aromatic N) is 3. The fourth-order valence-corrected chi connectivity index (χ4v) is 3.17. The Kier molecular flexibility index (Phi) is 7.78. The lowest BCUT2D eigenvalue weighted by molar-refractivity contribution is -0.132. The van der Waals surface area contributed by atoms with Crippen LogP contribution < -0.4 is 5.32 Å². The van der Waals surface area contributed by atoms with Gasteiger partial charge in [-0.2, -0.15) is 5.10 Å². The number of rotatable bonds is 8. The highest BCUT2D eigenvalue weighted by atomic mass is 16.5. The summed E-state index contributed by atoms with van der Waals surface area (Å²) in [5.41, 5.74) is 3.85. The van der Waals surface area contributed by atoms with Gasteiger partial charge < -0.3 is 15.0 Å². The molecule has 0 bridgehead atoms. The van der Waals surface area contributed by atoms with Crippen LogP contribution in [0.5, 0.6) is 0 Å². The topological polar surface area (TPSA) is 76.5 Å². The fourth-order valence-electron chi connectivity index (χ4n) is 3.17. The Bertz CT molecular complexity index is 896. The van der Waals surface area contributed by atoms with Crippen molar-refractivity contribution >= 4 is 17.6 Å². The van der Waals surface area contributed by atoms with E-state index in [9.17, 15) is 9.59 Å². The molecule has 2 amide bonds. The molecule has 0 saturated heterocycles. The summed E-state index contributed by atoms with van der Waals surface area (Å²) < 4.78 is 6.82. The number of hydrogen-bond donors (Lipinski definition) is 1. The molecule has 1 N–H and O–H groups in total. The highest BCUT2D eigenvalue weighted by Gasteiger charge is 2.23. The number of methoxy groups -OCH3 is 1. The van der Waals surface area contributed by atoms with Crippen LogP contribution in [0.2, 0.25) is 0 Å². The van der Waals surface area contributed by atoms with Crippen molar-refractivity contribution < 1.29 is 14.3 Å². The number of carbonyl (C=O) groups is 2. The Hall–Kier alpha value is -2.67. The maximum atomic E-state index is 12.8. The van der Waals surface area contributed by atoms with Gasteiger partial charge in [0.25, 0.3) is 0 Å². The lowest BCUT2D eigenvalue weighted by Crippen LogP contribution is -2.37. The van der Waals surface area contributed by atoms with Crippen molar-refractivity contribution in [1.82, 2.24) is 14.7 Å². The summed E-state index contributed by atoms with van der Waals surface area (Å²) in [7, 11) is 1.62. The minimum atomic E-state index is -0.256. The maximum Gasteiger partial charge on any atom is 0.245 e. The molecule has 0 spiro atoms. The number of aromatic nitrogens is 2. The summed E-state index contributed by atoms with van der Waals surface area (Å²) >= 11 is 0. The average Bonchev–Trinajstić information content (AvgIpc) is 3.04. The third-order valence-electron chi connectivity index (χ3n) is 4.88. The lowest BCUT2D eigenvalue weighted by Gasteiger charge is -2.20. The summed E-state index contributed by atoms with van der Waals surface area (Å²) in [6, 6.07) is 8.03. The summed E-state index contributed by atoms with van der Waals surface area (Å²) in [5.74, 6) is 0.200. The zero-order chi connectivity index (χ0) is 22.5. The van der Waals surface area contributed by atoms with E-state index in [1.54, 1.807) is 11.8 Å². The van der Waals surface area contributed by atoms with Gasteiger partial charge in [0.15, 0.2) is 0 Å². The molecule has 2 aromatic rings. The number of carbonyl (C=O) groups excluding carboxylic acids is 2. The first-order valence-corrected chi connectivity index (χ1v) is 10.3. The Labute approximate surface area is 179 Å². The van der Waals surface area contributed by atoms with Crippen molar-refractivity contribution in [1.29, 1.82) is 0 Å². The van der Waals surface area contributed by atoms with Crippen molar-refractivity contribution in [3.63, 3.8) is 0 Å². The third-order valence-corrected chi connectivity index (χ3v) is 4.88. The number of anilines is 1. The van der Waals surface area contributed by atoms with Crippen LogP contribution in [0.4, 0.5) is 5.82 Å². The first-order chi connectivity index (χ1) is 14.0. The van der Waals surface area contributed by atoms with Crippen molar-refractivity contribution in [2.45, 2.75) is 53.4 Å². The van der Waals surface area contributed by atoms with E-state index in [1.165, 1.54) is 11.8 Å². The Morgan fingerprint density at radius 1 is 1.20 bits per heavy atom. The molecule has 0 radical (unpaired) electrons. The molecule has 0 unspecified atom stereocenters. The third kappa shape index (κ3) is 6.16. The van der Waals surface area contributed by atoms with Crippen LogP contribution in [0.15, 0.2) is 24.3 Å². The molecule has 1 aromatic carbocycles. The second kappa shape index (κ2) is 9.89. The van der Waals surface area contributed by atoms with E-state index in [2.05, 4.69) is 32.2 Å². The van der Waals surface area contributed by atoms with E-state index in [0.29, 0.717) is 25.4 Å². The summed E-state index contributed by atoms with van der Waals surface area (Å²) in [6.45, 7) is 12.8. The fraction of sp³-hybridized carbons (Fsp3) is 0.522. The van der Waals surface area contributed by atoms with Crippen LogP contribution in [0, 0.1) is 13.8 Å². The minimum absolute atomic E-state index is 0.0119. The SMILES string of the molecule is COCCCN(CC(=O)Nc1cc(C(C)(C)C)nn1-c1ccc(C)cc1C)C(C)=O. The van der Waals surface area contributed by atoms with Crippen LogP contribution in [0.1, 0.15) is 50.9 Å². The van der Waals surface area contributed by atoms with E-state index < -0.39 is 0 Å². The average molecular weight is 415 g/mol. The molecule has 0 aliphatic heterocycles. The molecule has 7 heteroatoms. The van der Waals surface area contributed by atoms with Gasteiger partial charge in [0.05, 0.1) is 17.9 Å². The van der Waals surface area contributed by atoms with Gasteiger partial charge >= 0.3 is 0 Å². The highest BCUT2D eigenvalue weighted by Crippen LogP contribution is 2.27. The van der Waals surface area contributed by atoms with Crippen molar-refractivity contribution in [2.24, 2.45) is 0 Å². The second-order valence-corrected chi connectivity index (χ2v) is 8.70. The number of hydrogen-bond acceptors (Lipinski definition) is 4. The first kappa shape index (κ1) is 23.6. The van der Waals surface area contributed by atoms with Crippen molar-refractivity contribution in [2.75, 3.05) is 32.1 Å². The molecule has 2 rings (SSSR count). The van der Waals surface area contributed by atoms with Crippen LogP contribution in [-0.2, 0) is 19.7 Å². The predicted octanol–water partition coefficient (Wildman–Crippen LogP) is 3.61. The van der Waals surface area contributed by atoms with E-state index in [1.807, 2.05) is 32.0 Å². The van der Waals surface area contributed by atoms with Gasteiger partial charge in [-0.3, -0.25) is 9.59 Å². The predicted molar refractivity (Wildman–Crippen MR) is 119 cm³/mol. The normalized spacial score (nSPS) is 11.4. The summed E-state index contributed by atoms with van der Waals surface area (Å²) in [6.07, 6.45) is 0.679. The largest absolute Gasteiger partial charge is 0.385 e. The molecule has 0 saturated carbocycles. The van der Waals surface area contributed by atoms with Crippen LogP contribution in [-0.4, -0.2) is 53.3 Å². The molecule has 0 aliphatic rings. The van der Waals surface area contributed by atoms with Crippen LogP contribution in [0.25, 0.3) is 5.69 Å². The molecular weight excluding hydrogens is 380 g/mol. The highest BCUT2D eigenvalue weighted by molar-refractivity contribution is 5.94. The molecule has 1 aromatic heterocycles. The van der Waals surface area contributed by atoms with Gasteiger partial charge in [0.2, 0.25) is 11.8 Å². The van der Waals surface area contributed by atoms with Gasteiger partial charge in [-0.1, -0.05) is 38.5 Å². The molecular formula is C23H34N4O3. The van der Waals surface area contributed by atoms with Crippen molar-refractivity contribution in [3.05, 3.63) is 41.1 Å². The lowest BCUT2D eigenvalue weighted by atomic mass is 9.92. The molecule has 0 atom stereocenters.